The molecular weight excluding hydrogens is 187 g/mol. The van der Waals surface area contributed by atoms with Crippen LogP contribution in [-0.2, 0) is 0 Å². The third kappa shape index (κ3) is 2.57. The molecule has 2 unspecified atom stereocenters. The number of halogens is 1. The second-order valence-electron chi connectivity index (χ2n) is 3.63. The minimum absolute atomic E-state index is 0.449. The number of nitrogens with zero attached hydrogens (tertiary/aromatic N) is 1. The number of nitrogens with two attached hydrogens (primary N) is 1. The van der Waals surface area contributed by atoms with E-state index < -0.39 is 18.3 Å². The van der Waals surface area contributed by atoms with Crippen molar-refractivity contribution < 1.29 is 14.3 Å². The zero-order valence-electron chi connectivity index (χ0n) is 8.16. The van der Waals surface area contributed by atoms with E-state index in [1.54, 1.807) is 0 Å². The Morgan fingerprint density at radius 2 is 2.36 bits per heavy atom. The summed E-state index contributed by atoms with van der Waals surface area (Å²) in [4.78, 5) is 12.0. The fourth-order valence-electron chi connectivity index (χ4n) is 1.91. The molecule has 0 spiro atoms. The van der Waals surface area contributed by atoms with Crippen molar-refractivity contribution >= 4 is 6.09 Å². The van der Waals surface area contributed by atoms with E-state index in [1.165, 1.54) is 4.90 Å². The van der Waals surface area contributed by atoms with Crippen LogP contribution in [0.4, 0.5) is 9.18 Å². The van der Waals surface area contributed by atoms with Crippen LogP contribution in [0.3, 0.4) is 0 Å². The van der Waals surface area contributed by atoms with Crippen molar-refractivity contribution in [2.24, 2.45) is 5.73 Å². The first-order chi connectivity index (χ1) is 6.66. The molecule has 82 valence electrons. The van der Waals surface area contributed by atoms with E-state index in [4.69, 9.17) is 10.8 Å². The summed E-state index contributed by atoms with van der Waals surface area (Å²) >= 11 is 0. The number of hydrogen-bond acceptors (Lipinski definition) is 2. The molecule has 1 amide bonds. The van der Waals surface area contributed by atoms with Gasteiger partial charge in [-0.2, -0.15) is 0 Å². The Morgan fingerprint density at radius 1 is 1.64 bits per heavy atom. The second kappa shape index (κ2) is 5.14. The van der Waals surface area contributed by atoms with Crippen molar-refractivity contribution in [2.75, 3.05) is 13.1 Å². The van der Waals surface area contributed by atoms with Crippen LogP contribution in [0.2, 0.25) is 0 Å². The monoisotopic (exact) mass is 204 g/mol. The molecule has 1 fully saturated rings. The van der Waals surface area contributed by atoms with Gasteiger partial charge in [0.1, 0.15) is 6.17 Å². The predicted octanol–water partition coefficient (Wildman–Crippen LogP) is 1.21. The number of hydrogen-bond donors (Lipinski definition) is 2. The number of carboxylic acid groups (broad SMARTS) is 1. The summed E-state index contributed by atoms with van der Waals surface area (Å²) in [6, 6.07) is -0.482. The first-order valence-corrected chi connectivity index (χ1v) is 5.00. The third-order valence-electron chi connectivity index (χ3n) is 2.65. The maximum atomic E-state index is 13.4. The summed E-state index contributed by atoms with van der Waals surface area (Å²) in [5, 5.41) is 8.85. The minimum Gasteiger partial charge on any atom is -0.465 e. The highest BCUT2D eigenvalue weighted by Crippen LogP contribution is 2.23. The van der Waals surface area contributed by atoms with Crippen LogP contribution in [0, 0.1) is 0 Å². The van der Waals surface area contributed by atoms with Crippen molar-refractivity contribution in [3.8, 4) is 0 Å². The van der Waals surface area contributed by atoms with Crippen LogP contribution >= 0.6 is 0 Å². The molecule has 1 heterocycles. The molecule has 1 saturated heterocycles. The Morgan fingerprint density at radius 3 is 2.93 bits per heavy atom. The molecule has 14 heavy (non-hydrogen) atoms. The van der Waals surface area contributed by atoms with Gasteiger partial charge in [0.25, 0.3) is 0 Å². The summed E-state index contributed by atoms with van der Waals surface area (Å²) in [5.41, 5.74) is 5.32. The second-order valence-corrected chi connectivity index (χ2v) is 3.63. The van der Waals surface area contributed by atoms with Gasteiger partial charge < -0.3 is 15.7 Å². The van der Waals surface area contributed by atoms with Gasteiger partial charge in [-0.1, -0.05) is 0 Å². The first-order valence-electron chi connectivity index (χ1n) is 5.00. The van der Waals surface area contributed by atoms with E-state index in [0.717, 1.165) is 0 Å². The maximum absolute atomic E-state index is 13.4. The molecule has 0 saturated carbocycles. The third-order valence-corrected chi connectivity index (χ3v) is 2.65. The van der Waals surface area contributed by atoms with Crippen LogP contribution in [-0.4, -0.2) is 41.4 Å². The van der Waals surface area contributed by atoms with Gasteiger partial charge in [0.05, 0.1) is 6.04 Å². The van der Waals surface area contributed by atoms with Gasteiger partial charge >= 0.3 is 6.09 Å². The molecule has 0 aromatic rings. The highest BCUT2D eigenvalue weighted by atomic mass is 19.1. The van der Waals surface area contributed by atoms with Crippen molar-refractivity contribution in [3.63, 3.8) is 0 Å². The lowest BCUT2D eigenvalue weighted by Crippen LogP contribution is -2.49. The van der Waals surface area contributed by atoms with Gasteiger partial charge in [-0.05, 0) is 32.2 Å². The van der Waals surface area contributed by atoms with Crippen LogP contribution in [0.15, 0.2) is 0 Å². The molecule has 0 radical (unpaired) electrons. The summed E-state index contributed by atoms with van der Waals surface area (Å²) in [6.45, 7) is 0.932. The number of rotatable bonds is 3. The fraction of sp³-hybridized carbons (Fsp3) is 0.889. The maximum Gasteiger partial charge on any atom is 0.407 e. The topological polar surface area (TPSA) is 66.6 Å². The largest absolute Gasteiger partial charge is 0.465 e. The number of amides is 1. The lowest BCUT2D eigenvalue weighted by atomic mass is 9.96. The number of carbonyl (C=O) groups is 1. The van der Waals surface area contributed by atoms with E-state index in [0.29, 0.717) is 38.8 Å². The first kappa shape index (κ1) is 11.2. The van der Waals surface area contributed by atoms with E-state index >= 15 is 0 Å². The predicted molar refractivity (Wildman–Crippen MR) is 50.9 cm³/mol. The molecule has 5 heteroatoms. The van der Waals surface area contributed by atoms with Gasteiger partial charge in [0.15, 0.2) is 0 Å². The van der Waals surface area contributed by atoms with Gasteiger partial charge in [0.2, 0.25) is 0 Å². The SMILES string of the molecule is NCCCC1C(F)CCCN1C(=O)O. The quantitative estimate of drug-likeness (QED) is 0.726. The molecule has 0 bridgehead atoms. The zero-order valence-corrected chi connectivity index (χ0v) is 8.16. The van der Waals surface area contributed by atoms with Gasteiger partial charge in [-0.25, -0.2) is 9.18 Å². The molecule has 2 atom stereocenters. The lowest BCUT2D eigenvalue weighted by molar-refractivity contribution is 0.0560. The Kier molecular flexibility index (Phi) is 4.13. The van der Waals surface area contributed by atoms with Crippen molar-refractivity contribution in [2.45, 2.75) is 37.9 Å². The standard InChI is InChI=1S/C9H17FN2O2/c10-7-3-2-6-12(9(13)14)8(7)4-1-5-11/h7-8H,1-6,11H2,(H,13,14). The van der Waals surface area contributed by atoms with Crippen molar-refractivity contribution in [3.05, 3.63) is 0 Å². The number of alkyl halides is 1. The summed E-state index contributed by atoms with van der Waals surface area (Å²) in [7, 11) is 0. The molecule has 0 aromatic heterocycles. The summed E-state index contributed by atoms with van der Waals surface area (Å²) in [6.07, 6.45) is 0.255. The Labute approximate surface area is 82.9 Å². The van der Waals surface area contributed by atoms with Crippen LogP contribution in [0.1, 0.15) is 25.7 Å². The van der Waals surface area contributed by atoms with Gasteiger partial charge in [0, 0.05) is 6.54 Å². The summed E-state index contributed by atoms with van der Waals surface area (Å²) in [5.74, 6) is 0. The Balaban J connectivity index is 2.56. The fourth-order valence-corrected chi connectivity index (χ4v) is 1.91. The average molecular weight is 204 g/mol. The summed E-state index contributed by atoms with van der Waals surface area (Å²) < 4.78 is 13.4. The Hall–Kier alpha value is -0.840. The minimum atomic E-state index is -1.02. The van der Waals surface area contributed by atoms with E-state index in [9.17, 15) is 9.18 Å². The highest BCUT2D eigenvalue weighted by Gasteiger charge is 2.33. The Bertz CT molecular complexity index is 201. The van der Waals surface area contributed by atoms with E-state index in [1.807, 2.05) is 0 Å². The van der Waals surface area contributed by atoms with Crippen molar-refractivity contribution in [1.29, 1.82) is 0 Å². The highest BCUT2D eigenvalue weighted by molar-refractivity contribution is 5.65. The molecular formula is C9H17FN2O2. The zero-order chi connectivity index (χ0) is 10.6. The normalized spacial score (nSPS) is 27.7. The van der Waals surface area contributed by atoms with Crippen LogP contribution in [0.5, 0.6) is 0 Å². The molecule has 3 N–H and O–H groups in total. The number of piperidine rings is 1. The molecule has 1 aliphatic heterocycles. The van der Waals surface area contributed by atoms with Crippen LogP contribution < -0.4 is 5.73 Å². The van der Waals surface area contributed by atoms with E-state index in [-0.39, 0.29) is 0 Å². The average Bonchev–Trinajstić information content (AvgIpc) is 2.15. The lowest BCUT2D eigenvalue weighted by Gasteiger charge is -2.36. The molecule has 4 nitrogen and oxygen atoms in total. The molecule has 0 aliphatic carbocycles. The molecule has 1 aliphatic rings. The molecule has 1 rings (SSSR count). The van der Waals surface area contributed by atoms with Crippen LogP contribution in [0.25, 0.3) is 0 Å². The smallest absolute Gasteiger partial charge is 0.407 e. The van der Waals surface area contributed by atoms with Crippen molar-refractivity contribution in [1.82, 2.24) is 4.90 Å². The van der Waals surface area contributed by atoms with Gasteiger partial charge in [-0.3, -0.25) is 0 Å². The van der Waals surface area contributed by atoms with Gasteiger partial charge in [-0.15, -0.1) is 0 Å². The number of likely N-dealkylation sites (tertiary alicyclic amines) is 1. The molecule has 0 aromatic carbocycles. The van der Waals surface area contributed by atoms with E-state index in [2.05, 4.69) is 0 Å².